The maximum absolute atomic E-state index is 12.0. The molecule has 19 heavy (non-hydrogen) atoms. The van der Waals surface area contributed by atoms with E-state index >= 15 is 0 Å². The number of carbonyl (C=O) groups is 1. The zero-order valence-corrected chi connectivity index (χ0v) is 11.3. The van der Waals surface area contributed by atoms with Crippen molar-refractivity contribution in [1.82, 2.24) is 10.5 Å². The van der Waals surface area contributed by atoms with Gasteiger partial charge in [-0.05, 0) is 26.2 Å². The van der Waals surface area contributed by atoms with Crippen LogP contribution in [0.2, 0.25) is 0 Å². The Labute approximate surface area is 112 Å². The Balaban J connectivity index is 1.47. The van der Waals surface area contributed by atoms with E-state index in [1.54, 1.807) is 0 Å². The van der Waals surface area contributed by atoms with Crippen LogP contribution in [0.4, 0.5) is 0 Å². The molecule has 2 unspecified atom stereocenters. The Morgan fingerprint density at radius 1 is 1.63 bits per heavy atom. The molecule has 5 nitrogen and oxygen atoms in total. The molecule has 2 aliphatic carbocycles. The number of amides is 1. The van der Waals surface area contributed by atoms with Crippen LogP contribution >= 0.6 is 0 Å². The SMILES string of the molecule is Cc1cc(CCC(=O)NC2CC(N)C23CCC3)no1. The van der Waals surface area contributed by atoms with Crippen LogP contribution < -0.4 is 11.1 Å². The number of nitrogens with two attached hydrogens (primary N) is 1. The number of nitrogens with zero attached hydrogens (tertiary/aromatic N) is 1. The Morgan fingerprint density at radius 3 is 2.95 bits per heavy atom. The minimum absolute atomic E-state index is 0.101. The molecule has 1 heterocycles. The minimum atomic E-state index is 0.101. The van der Waals surface area contributed by atoms with Crippen molar-refractivity contribution in [2.45, 2.75) is 57.5 Å². The van der Waals surface area contributed by atoms with Crippen LogP contribution in [0, 0.1) is 12.3 Å². The Kier molecular flexibility index (Phi) is 3.09. The highest BCUT2D eigenvalue weighted by Crippen LogP contribution is 2.54. The van der Waals surface area contributed by atoms with Crippen LogP contribution in [0.25, 0.3) is 0 Å². The maximum Gasteiger partial charge on any atom is 0.220 e. The third-order valence-electron chi connectivity index (χ3n) is 4.83. The van der Waals surface area contributed by atoms with Crippen LogP contribution in [0.15, 0.2) is 10.6 Å². The molecule has 2 fully saturated rings. The molecule has 2 atom stereocenters. The van der Waals surface area contributed by atoms with Gasteiger partial charge in [-0.2, -0.15) is 0 Å². The molecule has 1 aromatic heterocycles. The van der Waals surface area contributed by atoms with Crippen molar-refractivity contribution in [3.05, 3.63) is 17.5 Å². The summed E-state index contributed by atoms with van der Waals surface area (Å²) in [6.45, 7) is 1.85. The quantitative estimate of drug-likeness (QED) is 0.858. The highest BCUT2D eigenvalue weighted by atomic mass is 16.5. The average Bonchev–Trinajstić information content (AvgIpc) is 2.69. The van der Waals surface area contributed by atoms with Crippen LogP contribution in [0.5, 0.6) is 0 Å². The predicted octanol–water partition coefficient (Wildman–Crippen LogP) is 1.30. The molecule has 2 aliphatic rings. The van der Waals surface area contributed by atoms with Crippen molar-refractivity contribution in [2.24, 2.45) is 11.1 Å². The highest BCUT2D eigenvalue weighted by molar-refractivity contribution is 5.76. The van der Waals surface area contributed by atoms with E-state index < -0.39 is 0 Å². The van der Waals surface area contributed by atoms with Gasteiger partial charge in [0.25, 0.3) is 0 Å². The first kappa shape index (κ1) is 12.7. The van der Waals surface area contributed by atoms with Gasteiger partial charge in [-0.1, -0.05) is 11.6 Å². The predicted molar refractivity (Wildman–Crippen MR) is 70.4 cm³/mol. The number of carbonyl (C=O) groups excluding carboxylic acids is 1. The van der Waals surface area contributed by atoms with E-state index in [1.807, 2.05) is 13.0 Å². The molecular weight excluding hydrogens is 242 g/mol. The first-order chi connectivity index (χ1) is 9.10. The van der Waals surface area contributed by atoms with E-state index in [9.17, 15) is 4.79 Å². The Morgan fingerprint density at radius 2 is 2.42 bits per heavy atom. The van der Waals surface area contributed by atoms with E-state index in [0.717, 1.165) is 17.9 Å². The van der Waals surface area contributed by atoms with Gasteiger partial charge in [-0.3, -0.25) is 4.79 Å². The van der Waals surface area contributed by atoms with Crippen molar-refractivity contribution in [3.8, 4) is 0 Å². The third-order valence-corrected chi connectivity index (χ3v) is 4.83. The van der Waals surface area contributed by atoms with E-state index in [0.29, 0.717) is 18.9 Å². The number of hydrogen-bond acceptors (Lipinski definition) is 4. The Hall–Kier alpha value is -1.36. The average molecular weight is 263 g/mol. The summed E-state index contributed by atoms with van der Waals surface area (Å²) in [5, 5.41) is 7.03. The summed E-state index contributed by atoms with van der Waals surface area (Å²) < 4.78 is 4.99. The largest absolute Gasteiger partial charge is 0.361 e. The molecule has 3 N–H and O–H groups in total. The lowest BCUT2D eigenvalue weighted by atomic mass is 9.50. The summed E-state index contributed by atoms with van der Waals surface area (Å²) >= 11 is 0. The smallest absolute Gasteiger partial charge is 0.220 e. The van der Waals surface area contributed by atoms with Gasteiger partial charge >= 0.3 is 0 Å². The minimum Gasteiger partial charge on any atom is -0.361 e. The van der Waals surface area contributed by atoms with Crippen molar-refractivity contribution in [2.75, 3.05) is 0 Å². The second kappa shape index (κ2) is 4.63. The van der Waals surface area contributed by atoms with Crippen LogP contribution in [-0.2, 0) is 11.2 Å². The third kappa shape index (κ3) is 2.16. The number of hydrogen-bond donors (Lipinski definition) is 2. The van der Waals surface area contributed by atoms with Crippen molar-refractivity contribution in [3.63, 3.8) is 0 Å². The Bertz CT molecular complexity index is 479. The molecule has 1 amide bonds. The molecule has 0 saturated heterocycles. The molecule has 1 spiro atoms. The fourth-order valence-electron chi connectivity index (χ4n) is 3.37. The first-order valence-electron chi connectivity index (χ1n) is 7.07. The van der Waals surface area contributed by atoms with Crippen molar-refractivity contribution in [1.29, 1.82) is 0 Å². The molecule has 0 bridgehead atoms. The molecule has 3 rings (SSSR count). The highest BCUT2D eigenvalue weighted by Gasteiger charge is 2.56. The van der Waals surface area contributed by atoms with Gasteiger partial charge < -0.3 is 15.6 Å². The van der Waals surface area contributed by atoms with Gasteiger partial charge in [0, 0.05) is 36.4 Å². The molecule has 104 valence electrons. The number of rotatable bonds is 4. The topological polar surface area (TPSA) is 81.2 Å². The number of aryl methyl sites for hydroxylation is 2. The number of nitrogens with one attached hydrogen (secondary N) is 1. The van der Waals surface area contributed by atoms with Crippen LogP contribution in [0.3, 0.4) is 0 Å². The van der Waals surface area contributed by atoms with Crippen molar-refractivity contribution < 1.29 is 9.32 Å². The zero-order valence-electron chi connectivity index (χ0n) is 11.3. The van der Waals surface area contributed by atoms with Gasteiger partial charge in [-0.15, -0.1) is 0 Å². The lowest BCUT2D eigenvalue weighted by Crippen LogP contribution is -2.69. The van der Waals surface area contributed by atoms with Gasteiger partial charge in [-0.25, -0.2) is 0 Å². The van der Waals surface area contributed by atoms with Gasteiger partial charge in [0.05, 0.1) is 5.69 Å². The van der Waals surface area contributed by atoms with Gasteiger partial charge in [0.15, 0.2) is 0 Å². The molecule has 5 heteroatoms. The monoisotopic (exact) mass is 263 g/mol. The molecule has 2 saturated carbocycles. The lowest BCUT2D eigenvalue weighted by molar-refractivity contribution is -0.127. The zero-order chi connectivity index (χ0) is 13.5. The summed E-state index contributed by atoms with van der Waals surface area (Å²) in [5.74, 6) is 0.887. The second-order valence-electron chi connectivity index (χ2n) is 5.98. The fraction of sp³-hybridized carbons (Fsp3) is 0.714. The molecule has 0 aromatic carbocycles. The van der Waals surface area contributed by atoms with Gasteiger partial charge in [0.2, 0.25) is 5.91 Å². The van der Waals surface area contributed by atoms with Gasteiger partial charge in [0.1, 0.15) is 5.76 Å². The number of aromatic nitrogens is 1. The standard InChI is InChI=1S/C14H21N3O2/c1-9-7-10(17-19-9)3-4-13(18)16-12-8-11(15)14(12)5-2-6-14/h7,11-12H,2-6,8,15H2,1H3,(H,16,18). The molecule has 0 radical (unpaired) electrons. The van der Waals surface area contributed by atoms with Crippen LogP contribution in [0.1, 0.15) is 43.6 Å². The molecule has 1 aromatic rings. The molecule has 0 aliphatic heterocycles. The molecular formula is C14H21N3O2. The summed E-state index contributed by atoms with van der Waals surface area (Å²) in [6.07, 6.45) is 5.61. The van der Waals surface area contributed by atoms with E-state index in [4.69, 9.17) is 10.3 Å². The second-order valence-corrected chi connectivity index (χ2v) is 5.98. The summed E-state index contributed by atoms with van der Waals surface area (Å²) in [4.78, 5) is 12.0. The fourth-order valence-corrected chi connectivity index (χ4v) is 3.37. The van der Waals surface area contributed by atoms with E-state index in [2.05, 4.69) is 10.5 Å². The van der Waals surface area contributed by atoms with Crippen LogP contribution in [-0.4, -0.2) is 23.1 Å². The van der Waals surface area contributed by atoms with Crippen molar-refractivity contribution >= 4 is 5.91 Å². The normalized spacial score (nSPS) is 27.7. The summed E-state index contributed by atoms with van der Waals surface area (Å²) in [7, 11) is 0. The van der Waals surface area contributed by atoms with E-state index in [1.165, 1.54) is 19.3 Å². The van der Waals surface area contributed by atoms with E-state index in [-0.39, 0.29) is 17.4 Å². The first-order valence-corrected chi connectivity index (χ1v) is 7.07. The maximum atomic E-state index is 12.0. The lowest BCUT2D eigenvalue weighted by Gasteiger charge is -2.60. The summed E-state index contributed by atoms with van der Waals surface area (Å²) in [5.41, 5.74) is 7.15. The summed E-state index contributed by atoms with van der Waals surface area (Å²) in [6, 6.07) is 2.45.